The van der Waals surface area contributed by atoms with Crippen molar-refractivity contribution in [1.29, 1.82) is 0 Å². The number of rotatable bonds is 3. The molecule has 0 bridgehead atoms. The van der Waals surface area contributed by atoms with Crippen LogP contribution in [0.4, 0.5) is 11.9 Å². The number of carbonyl (C=O) groups excluding carboxylic acids is 2. The number of imide groups is 1. The molecular weight excluding hydrogens is 425 g/mol. The zero-order valence-electron chi connectivity index (χ0n) is 15.8. The predicted octanol–water partition coefficient (Wildman–Crippen LogP) is 4.38. The number of fused-ring (bicyclic) bond motifs is 1. The van der Waals surface area contributed by atoms with Gasteiger partial charge in [-0.1, -0.05) is 47.5 Å². The van der Waals surface area contributed by atoms with Gasteiger partial charge in [-0.3, -0.25) is 9.59 Å². The smallest absolute Gasteiger partial charge is 0.260 e. The van der Waals surface area contributed by atoms with Gasteiger partial charge < -0.3 is 5.32 Å². The van der Waals surface area contributed by atoms with Gasteiger partial charge in [0.2, 0.25) is 17.8 Å². The Morgan fingerprint density at radius 1 is 0.867 bits per heavy atom. The number of carbonyl (C=O) groups is 2. The fourth-order valence-corrected chi connectivity index (χ4v) is 4.19. The average molecular weight is 442 g/mol. The van der Waals surface area contributed by atoms with Crippen molar-refractivity contribution in [2.24, 2.45) is 0 Å². The summed E-state index contributed by atoms with van der Waals surface area (Å²) in [6, 6.07) is 15.0. The number of nitrogens with zero attached hydrogens (tertiary/aromatic N) is 4. The van der Waals surface area contributed by atoms with E-state index in [2.05, 4.69) is 15.4 Å². The Hall–Kier alpha value is -2.90. The van der Waals surface area contributed by atoms with E-state index in [1.54, 1.807) is 4.68 Å². The average Bonchev–Trinajstić information content (AvgIpc) is 3.30. The third kappa shape index (κ3) is 3.34. The molecule has 1 aromatic heterocycles. The van der Waals surface area contributed by atoms with E-state index in [-0.39, 0.29) is 42.7 Å². The zero-order valence-corrected chi connectivity index (χ0v) is 17.3. The second-order valence-electron chi connectivity index (χ2n) is 7.35. The maximum atomic E-state index is 12.2. The van der Waals surface area contributed by atoms with E-state index in [0.29, 0.717) is 22.4 Å². The van der Waals surface area contributed by atoms with E-state index in [1.807, 2.05) is 48.5 Å². The lowest BCUT2D eigenvalue weighted by Crippen LogP contribution is -2.30. The largest absolute Gasteiger partial charge is 0.347 e. The van der Waals surface area contributed by atoms with Gasteiger partial charge in [-0.2, -0.15) is 4.98 Å². The second kappa shape index (κ2) is 7.41. The molecule has 1 N–H and O–H groups in total. The van der Waals surface area contributed by atoms with Crippen molar-refractivity contribution in [3.05, 3.63) is 69.7 Å². The van der Waals surface area contributed by atoms with Crippen LogP contribution in [0.2, 0.25) is 10.0 Å². The van der Waals surface area contributed by atoms with Crippen molar-refractivity contribution < 1.29 is 9.59 Å². The summed E-state index contributed by atoms with van der Waals surface area (Å²) in [6.07, 6.45) is 1.06. The Balaban J connectivity index is 1.57. The highest BCUT2D eigenvalue weighted by Gasteiger charge is 2.37. The molecule has 2 aromatic carbocycles. The van der Waals surface area contributed by atoms with Crippen LogP contribution in [0.3, 0.4) is 0 Å². The first-order valence-electron chi connectivity index (χ1n) is 9.59. The molecule has 30 heavy (non-hydrogen) atoms. The number of hydrogen-bond donors (Lipinski definition) is 1. The van der Waals surface area contributed by atoms with Gasteiger partial charge in [0.25, 0.3) is 5.95 Å². The fourth-order valence-electron chi connectivity index (χ4n) is 3.94. The number of hydrogen-bond acceptors (Lipinski definition) is 5. The van der Waals surface area contributed by atoms with Crippen LogP contribution in [-0.4, -0.2) is 26.6 Å². The molecule has 5 rings (SSSR count). The predicted molar refractivity (Wildman–Crippen MR) is 114 cm³/mol. The van der Waals surface area contributed by atoms with E-state index in [9.17, 15) is 9.59 Å². The van der Waals surface area contributed by atoms with Crippen LogP contribution in [0.5, 0.6) is 0 Å². The van der Waals surface area contributed by atoms with Crippen molar-refractivity contribution in [3.8, 4) is 0 Å². The summed E-state index contributed by atoms with van der Waals surface area (Å²) in [5.41, 5.74) is 2.07. The van der Waals surface area contributed by atoms with Gasteiger partial charge in [0.05, 0.1) is 12.1 Å². The van der Waals surface area contributed by atoms with Crippen LogP contribution in [0.15, 0.2) is 48.5 Å². The van der Waals surface area contributed by atoms with Gasteiger partial charge in [0.1, 0.15) is 0 Å². The summed E-state index contributed by atoms with van der Waals surface area (Å²) in [6.45, 7) is 0. The fraction of sp³-hybridized carbons (Fsp3) is 0.238. The molecule has 1 saturated heterocycles. The lowest BCUT2D eigenvalue weighted by molar-refractivity contribution is -0.121. The molecule has 2 aliphatic heterocycles. The van der Waals surface area contributed by atoms with Crippen LogP contribution in [0.1, 0.15) is 42.5 Å². The van der Waals surface area contributed by atoms with Crippen molar-refractivity contribution in [2.75, 3.05) is 10.2 Å². The summed E-state index contributed by atoms with van der Waals surface area (Å²) >= 11 is 12.1. The van der Waals surface area contributed by atoms with E-state index in [4.69, 9.17) is 23.2 Å². The summed E-state index contributed by atoms with van der Waals surface area (Å²) in [7, 11) is 0. The summed E-state index contributed by atoms with van der Waals surface area (Å²) in [5, 5.41) is 9.23. The topological polar surface area (TPSA) is 80.1 Å². The van der Waals surface area contributed by atoms with Gasteiger partial charge in [0, 0.05) is 22.9 Å². The van der Waals surface area contributed by atoms with Gasteiger partial charge in [-0.25, -0.2) is 9.58 Å². The molecule has 0 spiro atoms. The van der Waals surface area contributed by atoms with E-state index < -0.39 is 0 Å². The lowest BCUT2D eigenvalue weighted by atomic mass is 9.93. The zero-order chi connectivity index (χ0) is 20.8. The molecular formula is C21H17Cl2N5O2. The highest BCUT2D eigenvalue weighted by Crippen LogP contribution is 2.39. The van der Waals surface area contributed by atoms with Crippen molar-refractivity contribution in [2.45, 2.75) is 31.3 Å². The van der Waals surface area contributed by atoms with Crippen molar-refractivity contribution in [3.63, 3.8) is 0 Å². The molecule has 0 saturated carbocycles. The van der Waals surface area contributed by atoms with Gasteiger partial charge in [-0.15, -0.1) is 5.10 Å². The molecule has 2 aliphatic rings. The molecule has 2 atom stereocenters. The minimum absolute atomic E-state index is 0.0440. The number of amides is 2. The minimum atomic E-state index is -0.278. The van der Waals surface area contributed by atoms with Crippen LogP contribution < -0.4 is 10.2 Å². The number of nitrogens with one attached hydrogen (secondary N) is 1. The molecule has 9 heteroatoms. The quantitative estimate of drug-likeness (QED) is 0.609. The molecule has 1 fully saturated rings. The highest BCUT2D eigenvalue weighted by molar-refractivity contribution is 6.30. The Morgan fingerprint density at radius 2 is 1.43 bits per heavy atom. The van der Waals surface area contributed by atoms with E-state index in [1.165, 1.54) is 0 Å². The SMILES string of the molecule is O=C1CCC(=O)N1c1nc2n(n1)[C@@H](c1ccc(Cl)cc1)C[C@@H](c1ccc(Cl)cc1)N2. The first-order chi connectivity index (χ1) is 14.5. The third-order valence-corrected chi connectivity index (χ3v) is 5.96. The van der Waals surface area contributed by atoms with Crippen LogP contribution in [-0.2, 0) is 9.59 Å². The van der Waals surface area contributed by atoms with Gasteiger partial charge >= 0.3 is 0 Å². The van der Waals surface area contributed by atoms with Gasteiger partial charge in [-0.05, 0) is 41.8 Å². The summed E-state index contributed by atoms with van der Waals surface area (Å²) in [4.78, 5) is 29.9. The van der Waals surface area contributed by atoms with Crippen LogP contribution in [0, 0.1) is 0 Å². The monoisotopic (exact) mass is 441 g/mol. The Labute approximate surface area is 182 Å². The van der Waals surface area contributed by atoms with E-state index >= 15 is 0 Å². The molecule has 0 aliphatic carbocycles. The van der Waals surface area contributed by atoms with Crippen LogP contribution >= 0.6 is 23.2 Å². The molecule has 3 heterocycles. The molecule has 3 aromatic rings. The Morgan fingerprint density at radius 3 is 2.03 bits per heavy atom. The Kier molecular flexibility index (Phi) is 4.72. The summed E-state index contributed by atoms with van der Waals surface area (Å²) in [5.74, 6) is 0.0600. The third-order valence-electron chi connectivity index (χ3n) is 5.46. The maximum Gasteiger partial charge on any atom is 0.260 e. The summed E-state index contributed by atoms with van der Waals surface area (Å²) < 4.78 is 1.74. The number of halogens is 2. The number of benzene rings is 2. The standard InChI is InChI=1S/C21H17Cl2N5O2/c22-14-5-1-12(2-6-14)16-11-17(13-3-7-15(23)8-4-13)28-20(24-16)25-21(26-28)27-18(29)9-10-19(27)30/h1-8,16-17H,9-11H2,(H,24,25,26)/t16-,17+/m0/s1. The highest BCUT2D eigenvalue weighted by atomic mass is 35.5. The van der Waals surface area contributed by atoms with Crippen LogP contribution in [0.25, 0.3) is 0 Å². The molecule has 0 radical (unpaired) electrons. The van der Waals surface area contributed by atoms with Crippen molar-refractivity contribution >= 4 is 46.9 Å². The van der Waals surface area contributed by atoms with E-state index in [0.717, 1.165) is 16.0 Å². The number of aromatic nitrogens is 3. The molecule has 0 unspecified atom stereocenters. The number of anilines is 2. The Bertz CT molecular complexity index is 1110. The minimum Gasteiger partial charge on any atom is -0.347 e. The molecule has 152 valence electrons. The first-order valence-corrected chi connectivity index (χ1v) is 10.3. The molecule has 7 nitrogen and oxygen atoms in total. The normalized spacial score (nSPS) is 20.9. The maximum absolute atomic E-state index is 12.2. The van der Waals surface area contributed by atoms with Crippen molar-refractivity contribution in [1.82, 2.24) is 14.8 Å². The van der Waals surface area contributed by atoms with Gasteiger partial charge in [0.15, 0.2) is 0 Å². The first kappa shape index (κ1) is 19.1. The molecule has 2 amide bonds. The lowest BCUT2D eigenvalue weighted by Gasteiger charge is -2.31. The second-order valence-corrected chi connectivity index (χ2v) is 8.23.